The lowest BCUT2D eigenvalue weighted by atomic mass is 9.95. The molecule has 6 nitrogen and oxygen atoms in total. The lowest BCUT2D eigenvalue weighted by Gasteiger charge is -2.21. The molecule has 31 heavy (non-hydrogen) atoms. The molecule has 4 heterocycles. The molecule has 164 valence electrons. The van der Waals surface area contributed by atoms with Gasteiger partial charge in [0, 0.05) is 17.1 Å². The van der Waals surface area contributed by atoms with E-state index in [4.69, 9.17) is 4.74 Å². The molecule has 0 fully saturated rings. The Labute approximate surface area is 194 Å². The number of halogens is 1. The molecule has 4 rings (SSSR count). The van der Waals surface area contributed by atoms with Gasteiger partial charge in [-0.1, -0.05) is 20.8 Å². The highest BCUT2D eigenvalue weighted by Crippen LogP contribution is 2.46. The fourth-order valence-corrected chi connectivity index (χ4v) is 6.14. The number of nitrogens with zero attached hydrogens (tertiary/aromatic N) is 4. The van der Waals surface area contributed by atoms with Gasteiger partial charge in [-0.3, -0.25) is 0 Å². The average Bonchev–Trinajstić information content (AvgIpc) is 3.31. The summed E-state index contributed by atoms with van der Waals surface area (Å²) < 4.78 is 10.4. The summed E-state index contributed by atoms with van der Waals surface area (Å²) in [5.41, 5.74) is 5.38. The Morgan fingerprint density at radius 2 is 2.03 bits per heavy atom. The third-order valence-corrected chi connectivity index (χ3v) is 7.20. The van der Waals surface area contributed by atoms with Crippen LogP contribution in [0.3, 0.4) is 0 Å². The monoisotopic (exact) mass is 502 g/mol. The van der Waals surface area contributed by atoms with Crippen molar-refractivity contribution in [3.63, 3.8) is 0 Å². The van der Waals surface area contributed by atoms with E-state index in [9.17, 15) is 4.79 Å². The molecule has 0 aliphatic heterocycles. The first kappa shape index (κ1) is 22.0. The Morgan fingerprint density at radius 1 is 1.32 bits per heavy atom. The molecular weight excluding hydrogens is 476 g/mol. The number of aromatic nitrogens is 4. The fourth-order valence-electron chi connectivity index (χ4n) is 4.07. The molecule has 0 spiro atoms. The SMILES string of the molecule is CCc1c(Br)sc2c1c(C(C)C)c(-c1cc(C)c3ncnn3c1)n2C(=O)OC(C)(C)C. The lowest BCUT2D eigenvalue weighted by Crippen LogP contribution is -2.27. The number of hydrogen-bond donors (Lipinski definition) is 0. The lowest BCUT2D eigenvalue weighted by molar-refractivity contribution is 0.0547. The minimum atomic E-state index is -0.600. The van der Waals surface area contributed by atoms with E-state index in [-0.39, 0.29) is 12.0 Å². The zero-order valence-electron chi connectivity index (χ0n) is 18.9. The summed E-state index contributed by atoms with van der Waals surface area (Å²) in [6.07, 6.45) is 4.00. The van der Waals surface area contributed by atoms with Crippen molar-refractivity contribution in [1.29, 1.82) is 0 Å². The Hall–Kier alpha value is -2.19. The summed E-state index contributed by atoms with van der Waals surface area (Å²) in [6.45, 7) is 14.2. The van der Waals surface area contributed by atoms with Crippen LogP contribution >= 0.6 is 27.3 Å². The minimum absolute atomic E-state index is 0.208. The van der Waals surface area contributed by atoms with Crippen LogP contribution in [0.15, 0.2) is 22.4 Å². The van der Waals surface area contributed by atoms with E-state index in [1.807, 2.05) is 33.9 Å². The van der Waals surface area contributed by atoms with Crippen molar-refractivity contribution in [3.05, 3.63) is 39.1 Å². The Kier molecular flexibility index (Phi) is 5.50. The number of carbonyl (C=O) groups is 1. The van der Waals surface area contributed by atoms with E-state index < -0.39 is 5.60 Å². The predicted octanol–water partition coefficient (Wildman–Crippen LogP) is 6.95. The molecule has 0 unspecified atom stereocenters. The van der Waals surface area contributed by atoms with Gasteiger partial charge in [0.05, 0.1) is 9.48 Å². The highest BCUT2D eigenvalue weighted by atomic mass is 79.9. The third-order valence-electron chi connectivity index (χ3n) is 5.23. The second-order valence-electron chi connectivity index (χ2n) is 9.06. The highest BCUT2D eigenvalue weighted by Gasteiger charge is 2.31. The zero-order chi connectivity index (χ0) is 22.7. The maximum atomic E-state index is 13.5. The van der Waals surface area contributed by atoms with Crippen LogP contribution in [0, 0.1) is 6.92 Å². The molecule has 0 aromatic carbocycles. The summed E-state index contributed by atoms with van der Waals surface area (Å²) >= 11 is 5.31. The average molecular weight is 503 g/mol. The van der Waals surface area contributed by atoms with Crippen molar-refractivity contribution in [1.82, 2.24) is 19.2 Å². The topological polar surface area (TPSA) is 61.4 Å². The smallest absolute Gasteiger partial charge is 0.420 e. The van der Waals surface area contributed by atoms with Crippen LogP contribution in [0.1, 0.15) is 64.2 Å². The normalized spacial score (nSPS) is 12.4. The first-order valence-electron chi connectivity index (χ1n) is 10.4. The second-order valence-corrected chi connectivity index (χ2v) is 11.4. The number of aryl methyl sites for hydroxylation is 2. The molecule has 0 N–H and O–H groups in total. The summed E-state index contributed by atoms with van der Waals surface area (Å²) in [4.78, 5) is 18.8. The van der Waals surface area contributed by atoms with Crippen LogP contribution < -0.4 is 0 Å². The summed E-state index contributed by atoms with van der Waals surface area (Å²) in [6, 6.07) is 2.08. The van der Waals surface area contributed by atoms with E-state index in [0.717, 1.165) is 48.5 Å². The van der Waals surface area contributed by atoms with E-state index in [0.29, 0.717) is 0 Å². The van der Waals surface area contributed by atoms with Gasteiger partial charge in [0.1, 0.15) is 16.8 Å². The van der Waals surface area contributed by atoms with Crippen LogP contribution in [-0.2, 0) is 11.2 Å². The maximum absolute atomic E-state index is 13.5. The fraction of sp³-hybridized carbons (Fsp3) is 0.435. The van der Waals surface area contributed by atoms with E-state index in [1.54, 1.807) is 26.7 Å². The third kappa shape index (κ3) is 3.69. The van der Waals surface area contributed by atoms with Gasteiger partial charge in [-0.15, -0.1) is 11.3 Å². The first-order chi connectivity index (χ1) is 14.5. The number of pyridine rings is 1. The number of rotatable bonds is 3. The van der Waals surface area contributed by atoms with Gasteiger partial charge >= 0.3 is 6.09 Å². The van der Waals surface area contributed by atoms with Crippen molar-refractivity contribution in [2.75, 3.05) is 0 Å². The Morgan fingerprint density at radius 3 is 2.65 bits per heavy atom. The molecule has 0 amide bonds. The van der Waals surface area contributed by atoms with E-state index in [1.165, 1.54) is 5.56 Å². The van der Waals surface area contributed by atoms with Gasteiger partial charge < -0.3 is 4.74 Å². The molecule has 0 saturated carbocycles. The molecule has 4 aromatic rings. The highest BCUT2D eigenvalue weighted by molar-refractivity contribution is 9.11. The second kappa shape index (κ2) is 7.74. The quantitative estimate of drug-likeness (QED) is 0.304. The number of thiophene rings is 1. The Bertz CT molecular complexity index is 1310. The number of carbonyl (C=O) groups excluding carboxylic acids is 1. The van der Waals surface area contributed by atoms with Crippen molar-refractivity contribution in [2.24, 2.45) is 0 Å². The van der Waals surface area contributed by atoms with Gasteiger partial charge in [0.25, 0.3) is 0 Å². The van der Waals surface area contributed by atoms with E-state index >= 15 is 0 Å². The van der Waals surface area contributed by atoms with Crippen molar-refractivity contribution in [2.45, 2.75) is 66.4 Å². The number of fused-ring (bicyclic) bond motifs is 2. The van der Waals surface area contributed by atoms with Gasteiger partial charge in [0.15, 0.2) is 5.65 Å². The maximum Gasteiger partial charge on any atom is 0.420 e. The minimum Gasteiger partial charge on any atom is -0.443 e. The Balaban J connectivity index is 2.13. The summed E-state index contributed by atoms with van der Waals surface area (Å²) in [7, 11) is 0. The molecular formula is C23H27BrN4O2S. The van der Waals surface area contributed by atoms with Crippen LogP contribution in [0.5, 0.6) is 0 Å². The predicted molar refractivity (Wildman–Crippen MR) is 129 cm³/mol. The molecule has 8 heteroatoms. The summed E-state index contributed by atoms with van der Waals surface area (Å²) in [5, 5.41) is 5.48. The number of ether oxygens (including phenoxy) is 1. The van der Waals surface area contributed by atoms with Gasteiger partial charge in [-0.2, -0.15) is 5.10 Å². The summed E-state index contributed by atoms with van der Waals surface area (Å²) in [5.74, 6) is 0.208. The molecule has 0 bridgehead atoms. The molecule has 0 radical (unpaired) electrons. The molecule has 4 aromatic heterocycles. The largest absolute Gasteiger partial charge is 0.443 e. The van der Waals surface area contributed by atoms with Crippen molar-refractivity contribution in [3.8, 4) is 11.3 Å². The standard InChI is InChI=1S/C23H27BrN4O2S/c1-8-15-17-16(12(2)3)18(14-9-13(4)20-25-11-26-27(20)10-14)28(21(17)31-19(15)24)22(29)30-23(5,6)7/h9-12H,8H2,1-7H3. The molecule has 0 atom stereocenters. The zero-order valence-corrected chi connectivity index (χ0v) is 21.3. The van der Waals surface area contributed by atoms with Crippen molar-refractivity contribution >= 4 is 49.2 Å². The molecule has 0 saturated heterocycles. The van der Waals surface area contributed by atoms with Crippen LogP contribution in [0.2, 0.25) is 0 Å². The number of hydrogen-bond acceptors (Lipinski definition) is 5. The van der Waals surface area contributed by atoms with Crippen molar-refractivity contribution < 1.29 is 9.53 Å². The molecule has 0 aliphatic carbocycles. The van der Waals surface area contributed by atoms with Gasteiger partial charge in [-0.05, 0) is 78.7 Å². The van der Waals surface area contributed by atoms with Crippen LogP contribution in [0.4, 0.5) is 4.79 Å². The molecule has 0 aliphatic rings. The van der Waals surface area contributed by atoms with Crippen LogP contribution in [-0.4, -0.2) is 30.9 Å². The van der Waals surface area contributed by atoms with Crippen LogP contribution in [0.25, 0.3) is 27.1 Å². The van der Waals surface area contributed by atoms with Gasteiger partial charge in [0.2, 0.25) is 0 Å². The first-order valence-corrected chi connectivity index (χ1v) is 12.0. The van der Waals surface area contributed by atoms with E-state index in [2.05, 4.69) is 52.9 Å². The van der Waals surface area contributed by atoms with Gasteiger partial charge in [-0.25, -0.2) is 18.9 Å².